The Kier molecular flexibility index (Phi) is 3.46. The summed E-state index contributed by atoms with van der Waals surface area (Å²) in [5, 5.41) is 0. The molecular weight excluding hydrogens is 250 g/mol. The summed E-state index contributed by atoms with van der Waals surface area (Å²) in [6.45, 7) is 4.37. The van der Waals surface area contributed by atoms with Crippen molar-refractivity contribution in [1.82, 2.24) is 4.98 Å². The quantitative estimate of drug-likeness (QED) is 0.930. The van der Waals surface area contributed by atoms with Crippen LogP contribution in [0.3, 0.4) is 0 Å². The number of rotatable bonds is 3. The Morgan fingerprint density at radius 2 is 2.00 bits per heavy atom. The lowest BCUT2D eigenvalue weighted by molar-refractivity contribution is 0.329. The SMILES string of the molecule is CCOc1nc(N2CCc3ccccc3C2)ccc1N. The monoisotopic (exact) mass is 269 g/mol. The minimum Gasteiger partial charge on any atom is -0.476 e. The van der Waals surface area contributed by atoms with Crippen molar-refractivity contribution in [3.63, 3.8) is 0 Å². The molecule has 2 N–H and O–H groups in total. The third kappa shape index (κ3) is 2.41. The summed E-state index contributed by atoms with van der Waals surface area (Å²) >= 11 is 0. The van der Waals surface area contributed by atoms with E-state index in [1.807, 2.05) is 19.1 Å². The van der Waals surface area contributed by atoms with Crippen LogP contribution in [0.25, 0.3) is 0 Å². The summed E-state index contributed by atoms with van der Waals surface area (Å²) in [7, 11) is 0. The van der Waals surface area contributed by atoms with E-state index >= 15 is 0 Å². The molecule has 4 nitrogen and oxygen atoms in total. The summed E-state index contributed by atoms with van der Waals surface area (Å²) in [5.41, 5.74) is 9.27. The molecular formula is C16H19N3O. The maximum Gasteiger partial charge on any atom is 0.239 e. The second-order valence-electron chi connectivity index (χ2n) is 4.94. The van der Waals surface area contributed by atoms with Crippen LogP contribution in [0.1, 0.15) is 18.1 Å². The van der Waals surface area contributed by atoms with Gasteiger partial charge in [-0.2, -0.15) is 4.98 Å². The molecule has 1 aliphatic rings. The van der Waals surface area contributed by atoms with Crippen molar-refractivity contribution in [3.8, 4) is 5.88 Å². The van der Waals surface area contributed by atoms with Crippen LogP contribution in [0.2, 0.25) is 0 Å². The maximum absolute atomic E-state index is 5.88. The van der Waals surface area contributed by atoms with Gasteiger partial charge in [0.2, 0.25) is 5.88 Å². The van der Waals surface area contributed by atoms with Crippen molar-refractivity contribution >= 4 is 11.5 Å². The number of benzene rings is 1. The number of ether oxygens (including phenoxy) is 1. The molecule has 0 fully saturated rings. The average molecular weight is 269 g/mol. The van der Waals surface area contributed by atoms with Gasteiger partial charge in [-0.1, -0.05) is 24.3 Å². The van der Waals surface area contributed by atoms with Crippen molar-refractivity contribution in [2.45, 2.75) is 19.9 Å². The topological polar surface area (TPSA) is 51.4 Å². The third-order valence-electron chi connectivity index (χ3n) is 3.61. The van der Waals surface area contributed by atoms with Gasteiger partial charge in [-0.25, -0.2) is 0 Å². The van der Waals surface area contributed by atoms with Gasteiger partial charge in [-0.3, -0.25) is 0 Å². The number of pyridine rings is 1. The fraction of sp³-hybridized carbons (Fsp3) is 0.312. The molecule has 0 bridgehead atoms. The molecule has 0 atom stereocenters. The second-order valence-corrected chi connectivity index (χ2v) is 4.94. The Labute approximate surface area is 119 Å². The molecule has 1 aromatic carbocycles. The van der Waals surface area contributed by atoms with Crippen LogP contribution in [0.5, 0.6) is 5.88 Å². The summed E-state index contributed by atoms with van der Waals surface area (Å²) in [6, 6.07) is 12.4. The molecule has 0 unspecified atom stereocenters. The van der Waals surface area contributed by atoms with Crippen LogP contribution >= 0.6 is 0 Å². The number of fused-ring (bicyclic) bond motifs is 1. The Balaban J connectivity index is 1.86. The van der Waals surface area contributed by atoms with Gasteiger partial charge < -0.3 is 15.4 Å². The number of aromatic nitrogens is 1. The van der Waals surface area contributed by atoms with Crippen molar-refractivity contribution in [3.05, 3.63) is 47.5 Å². The number of nitrogen functional groups attached to an aromatic ring is 1. The first-order valence-corrected chi connectivity index (χ1v) is 6.99. The smallest absolute Gasteiger partial charge is 0.239 e. The maximum atomic E-state index is 5.88. The van der Waals surface area contributed by atoms with Gasteiger partial charge in [0.15, 0.2) is 0 Å². The largest absolute Gasteiger partial charge is 0.476 e. The predicted molar refractivity (Wildman–Crippen MR) is 81.0 cm³/mol. The third-order valence-corrected chi connectivity index (χ3v) is 3.61. The normalized spacial score (nSPS) is 13.9. The van der Waals surface area contributed by atoms with Crippen molar-refractivity contribution in [2.24, 2.45) is 0 Å². The Morgan fingerprint density at radius 1 is 1.20 bits per heavy atom. The molecule has 104 valence electrons. The molecule has 0 amide bonds. The molecule has 0 radical (unpaired) electrons. The lowest BCUT2D eigenvalue weighted by Crippen LogP contribution is -2.31. The van der Waals surface area contributed by atoms with E-state index in [1.165, 1.54) is 11.1 Å². The Morgan fingerprint density at radius 3 is 2.80 bits per heavy atom. The molecule has 0 saturated carbocycles. The molecule has 2 aromatic rings. The molecule has 1 aliphatic heterocycles. The first-order chi connectivity index (χ1) is 9.78. The van der Waals surface area contributed by atoms with E-state index < -0.39 is 0 Å². The van der Waals surface area contributed by atoms with Gasteiger partial charge in [0.1, 0.15) is 5.82 Å². The minimum absolute atomic E-state index is 0.531. The first kappa shape index (κ1) is 12.8. The zero-order valence-corrected chi connectivity index (χ0v) is 11.7. The van der Waals surface area contributed by atoms with Crippen LogP contribution in [0.4, 0.5) is 11.5 Å². The highest BCUT2D eigenvalue weighted by atomic mass is 16.5. The lowest BCUT2D eigenvalue weighted by Gasteiger charge is -2.30. The van der Waals surface area contributed by atoms with Crippen molar-refractivity contribution in [1.29, 1.82) is 0 Å². The van der Waals surface area contributed by atoms with Crippen LogP contribution in [0.15, 0.2) is 36.4 Å². The van der Waals surface area contributed by atoms with E-state index in [2.05, 4.69) is 34.1 Å². The number of nitrogens with two attached hydrogens (primary N) is 1. The summed E-state index contributed by atoms with van der Waals surface area (Å²) < 4.78 is 5.47. The molecule has 3 rings (SSSR count). The molecule has 0 aliphatic carbocycles. The molecule has 0 spiro atoms. The first-order valence-electron chi connectivity index (χ1n) is 6.99. The predicted octanol–water partition coefficient (Wildman–Crippen LogP) is 2.63. The molecule has 20 heavy (non-hydrogen) atoms. The number of nitrogens with zero attached hydrogens (tertiary/aromatic N) is 2. The van der Waals surface area contributed by atoms with Crippen LogP contribution < -0.4 is 15.4 Å². The standard InChI is InChI=1S/C16H19N3O/c1-2-20-16-14(17)7-8-15(18-16)19-10-9-12-5-3-4-6-13(12)11-19/h3-8H,2,9-11,17H2,1H3. The van der Waals surface area contributed by atoms with Crippen molar-refractivity contribution in [2.75, 3.05) is 23.8 Å². The molecule has 0 saturated heterocycles. The van der Waals surface area contributed by atoms with E-state index in [0.29, 0.717) is 18.2 Å². The van der Waals surface area contributed by atoms with Gasteiger partial charge in [0, 0.05) is 13.1 Å². The Hall–Kier alpha value is -2.23. The number of hydrogen-bond donors (Lipinski definition) is 1. The van der Waals surface area contributed by atoms with E-state index in [9.17, 15) is 0 Å². The highest BCUT2D eigenvalue weighted by Gasteiger charge is 2.18. The van der Waals surface area contributed by atoms with E-state index in [1.54, 1.807) is 0 Å². The zero-order chi connectivity index (χ0) is 13.9. The highest BCUT2D eigenvalue weighted by Crippen LogP contribution is 2.27. The summed E-state index contributed by atoms with van der Waals surface area (Å²) in [6.07, 6.45) is 1.05. The summed E-state index contributed by atoms with van der Waals surface area (Å²) in [5.74, 6) is 1.46. The zero-order valence-electron chi connectivity index (χ0n) is 11.7. The summed E-state index contributed by atoms with van der Waals surface area (Å²) in [4.78, 5) is 6.81. The fourth-order valence-corrected chi connectivity index (χ4v) is 2.56. The fourth-order valence-electron chi connectivity index (χ4n) is 2.56. The number of hydrogen-bond acceptors (Lipinski definition) is 4. The van der Waals surface area contributed by atoms with Gasteiger partial charge in [0.05, 0.1) is 12.3 Å². The van der Waals surface area contributed by atoms with Crippen LogP contribution in [-0.2, 0) is 13.0 Å². The van der Waals surface area contributed by atoms with Gasteiger partial charge in [-0.05, 0) is 36.6 Å². The second kappa shape index (κ2) is 5.41. The van der Waals surface area contributed by atoms with E-state index in [4.69, 9.17) is 10.5 Å². The molecule has 2 heterocycles. The van der Waals surface area contributed by atoms with E-state index in [0.717, 1.165) is 25.3 Å². The van der Waals surface area contributed by atoms with Crippen molar-refractivity contribution < 1.29 is 4.74 Å². The van der Waals surface area contributed by atoms with Crippen LogP contribution in [0, 0.1) is 0 Å². The van der Waals surface area contributed by atoms with Crippen LogP contribution in [-0.4, -0.2) is 18.1 Å². The molecule has 1 aromatic heterocycles. The Bertz CT molecular complexity index is 612. The van der Waals surface area contributed by atoms with Gasteiger partial charge >= 0.3 is 0 Å². The van der Waals surface area contributed by atoms with Gasteiger partial charge in [-0.15, -0.1) is 0 Å². The molecule has 4 heteroatoms. The highest BCUT2D eigenvalue weighted by molar-refractivity contribution is 5.55. The van der Waals surface area contributed by atoms with Gasteiger partial charge in [0.25, 0.3) is 0 Å². The lowest BCUT2D eigenvalue weighted by atomic mass is 10.00. The average Bonchev–Trinajstić information content (AvgIpc) is 2.49. The van der Waals surface area contributed by atoms with E-state index in [-0.39, 0.29) is 0 Å². The minimum atomic E-state index is 0.531. The number of anilines is 2.